The van der Waals surface area contributed by atoms with Gasteiger partial charge in [0.1, 0.15) is 0 Å². The van der Waals surface area contributed by atoms with Crippen molar-refractivity contribution in [2.24, 2.45) is 0 Å². The maximum atomic E-state index is 3.32. The van der Waals surface area contributed by atoms with Crippen LogP contribution in [0, 0.1) is 12.0 Å². The summed E-state index contributed by atoms with van der Waals surface area (Å²) in [6, 6.07) is 13.8. The molecule has 0 saturated carbocycles. The topological polar surface area (TPSA) is 15.3 Å². The molecule has 2 rings (SSSR count). The minimum Gasteiger partial charge on any atom is -0.330 e. The van der Waals surface area contributed by atoms with Crippen molar-refractivity contribution in [3.05, 3.63) is 35.9 Å². The number of aryl methyl sites for hydroxylation is 1. The lowest BCUT2D eigenvalue weighted by Crippen LogP contribution is -2.40. The van der Waals surface area contributed by atoms with Crippen LogP contribution >= 0.6 is 0 Å². The molecule has 0 unspecified atom stereocenters. The van der Waals surface area contributed by atoms with Gasteiger partial charge in [-0.1, -0.05) is 36.3 Å². The van der Waals surface area contributed by atoms with E-state index in [-0.39, 0.29) is 0 Å². The summed E-state index contributed by atoms with van der Waals surface area (Å²) in [7, 11) is 0. The van der Waals surface area contributed by atoms with Gasteiger partial charge in [-0.25, -0.2) is 0 Å². The van der Waals surface area contributed by atoms with Gasteiger partial charge in [0.2, 0.25) is 0 Å². The molecule has 0 aliphatic carbocycles. The lowest BCUT2D eigenvalue weighted by Gasteiger charge is -2.23. The second kappa shape index (κ2) is 6.19. The Kier molecular flexibility index (Phi) is 4.27. The van der Waals surface area contributed by atoms with Gasteiger partial charge in [0.15, 0.2) is 0 Å². The van der Waals surface area contributed by atoms with Crippen LogP contribution in [0.2, 0.25) is 0 Å². The number of hydrogen-bond donors (Lipinski definition) is 1. The number of benzene rings is 1. The first kappa shape index (κ1) is 11.0. The average molecular weight is 214 g/mol. The third-order valence-corrected chi connectivity index (χ3v) is 2.74. The average Bonchev–Trinajstić information content (AvgIpc) is 2.37. The maximum Gasteiger partial charge on any atom is 0.0386 e. The molecule has 0 bridgehead atoms. The molecular weight excluding hydrogens is 196 g/mol. The third kappa shape index (κ3) is 3.60. The Hall–Kier alpha value is -1.46. The Labute approximate surface area is 97.7 Å². The molecule has 1 saturated heterocycles. The van der Waals surface area contributed by atoms with E-state index in [0.717, 1.165) is 39.0 Å². The zero-order chi connectivity index (χ0) is 11.1. The van der Waals surface area contributed by atoms with Crippen LogP contribution in [-0.4, -0.2) is 31.1 Å². The molecule has 1 aromatic carbocycles. The molecule has 2 nitrogen and oxygen atoms in total. The fraction of sp³-hybridized carbons (Fsp3) is 0.429. The van der Waals surface area contributed by atoms with Crippen molar-refractivity contribution in [1.29, 1.82) is 0 Å². The lowest BCUT2D eigenvalue weighted by atomic mass is 10.1. The van der Waals surface area contributed by atoms with Gasteiger partial charge in [-0.15, -0.1) is 0 Å². The first-order valence-electron chi connectivity index (χ1n) is 5.93. The molecule has 0 radical (unpaired) electrons. The minimum absolute atomic E-state index is 0.952. The Bertz CT molecular complexity index is 355. The van der Waals surface area contributed by atoms with E-state index in [1.54, 1.807) is 0 Å². The summed E-state index contributed by atoms with van der Waals surface area (Å²) in [5.41, 5.74) is 1.37. The Balaban J connectivity index is 1.73. The summed E-state index contributed by atoms with van der Waals surface area (Å²) >= 11 is 0. The van der Waals surface area contributed by atoms with Crippen LogP contribution in [0.25, 0.3) is 0 Å². The van der Waals surface area contributed by atoms with Crippen molar-refractivity contribution >= 4 is 0 Å². The van der Waals surface area contributed by atoms with Crippen LogP contribution in [0.1, 0.15) is 12.0 Å². The minimum atomic E-state index is 0.952. The first-order valence-corrected chi connectivity index (χ1v) is 5.93. The molecule has 1 aromatic rings. The largest absolute Gasteiger partial charge is 0.330 e. The van der Waals surface area contributed by atoms with E-state index in [1.807, 2.05) is 0 Å². The van der Waals surface area contributed by atoms with E-state index in [1.165, 1.54) is 5.56 Å². The van der Waals surface area contributed by atoms with Gasteiger partial charge in [-0.2, -0.15) is 0 Å². The number of nitrogens with zero attached hydrogens (tertiary/aromatic N) is 1. The maximum absolute atomic E-state index is 3.32. The summed E-state index contributed by atoms with van der Waals surface area (Å²) in [5, 5.41) is 3.32. The highest BCUT2D eigenvalue weighted by molar-refractivity contribution is 5.16. The van der Waals surface area contributed by atoms with Crippen LogP contribution in [-0.2, 0) is 6.42 Å². The molecule has 0 atom stereocenters. The van der Waals surface area contributed by atoms with Crippen LogP contribution in [0.15, 0.2) is 30.3 Å². The second-order valence-electron chi connectivity index (χ2n) is 4.01. The number of nitrogens with one attached hydrogen (secondary N) is 1. The number of rotatable bonds is 2. The summed E-state index contributed by atoms with van der Waals surface area (Å²) in [4.78, 5) is 2.21. The summed E-state index contributed by atoms with van der Waals surface area (Å²) < 4.78 is 0. The van der Waals surface area contributed by atoms with E-state index in [0.29, 0.717) is 0 Å². The third-order valence-electron chi connectivity index (χ3n) is 2.74. The standard InChI is InChI=1S/C14H18N2/c1-2-6-14(7-3-1)8-4-5-11-16-12-9-15-10-13-16/h1-3,6-7,15H,4,8-10,12-13H2. The van der Waals surface area contributed by atoms with Gasteiger partial charge in [0, 0.05) is 38.6 Å². The van der Waals surface area contributed by atoms with Crippen molar-refractivity contribution in [2.45, 2.75) is 12.8 Å². The van der Waals surface area contributed by atoms with Gasteiger partial charge >= 0.3 is 0 Å². The normalized spacial score (nSPS) is 15.4. The Morgan fingerprint density at radius 2 is 1.88 bits per heavy atom. The van der Waals surface area contributed by atoms with Crippen molar-refractivity contribution < 1.29 is 0 Å². The molecule has 2 heteroatoms. The van der Waals surface area contributed by atoms with Crippen molar-refractivity contribution in [3.63, 3.8) is 0 Å². The van der Waals surface area contributed by atoms with Gasteiger partial charge in [0.05, 0.1) is 0 Å². The zero-order valence-electron chi connectivity index (χ0n) is 9.58. The van der Waals surface area contributed by atoms with Gasteiger partial charge in [-0.3, -0.25) is 0 Å². The smallest absolute Gasteiger partial charge is 0.0386 e. The van der Waals surface area contributed by atoms with E-state index in [9.17, 15) is 0 Å². The molecule has 0 spiro atoms. The molecular formula is C14H18N2. The second-order valence-corrected chi connectivity index (χ2v) is 4.01. The molecule has 1 aliphatic rings. The van der Waals surface area contributed by atoms with E-state index in [2.05, 4.69) is 52.5 Å². The first-order chi connectivity index (χ1) is 7.95. The summed E-state index contributed by atoms with van der Waals surface area (Å²) in [5.74, 6) is 3.25. The molecule has 1 aliphatic heterocycles. The predicted octanol–water partition coefficient (Wildman–Crippen LogP) is 1.49. The van der Waals surface area contributed by atoms with Crippen LogP contribution in [0.5, 0.6) is 0 Å². The Morgan fingerprint density at radius 1 is 1.12 bits per heavy atom. The summed E-state index contributed by atoms with van der Waals surface area (Å²) in [6.07, 6.45) is 2.01. The molecule has 1 fully saturated rings. The van der Waals surface area contributed by atoms with Crippen LogP contribution in [0.4, 0.5) is 0 Å². The van der Waals surface area contributed by atoms with Gasteiger partial charge in [0.25, 0.3) is 0 Å². The SMILES string of the molecule is C(#CN1CCNCC1)CCc1ccccc1. The monoisotopic (exact) mass is 214 g/mol. The van der Waals surface area contributed by atoms with Crippen molar-refractivity contribution in [2.75, 3.05) is 26.2 Å². The van der Waals surface area contributed by atoms with E-state index in [4.69, 9.17) is 0 Å². The highest BCUT2D eigenvalue weighted by Crippen LogP contribution is 2.01. The molecule has 0 aromatic heterocycles. The van der Waals surface area contributed by atoms with Crippen molar-refractivity contribution in [3.8, 4) is 12.0 Å². The van der Waals surface area contributed by atoms with E-state index >= 15 is 0 Å². The molecule has 1 N–H and O–H groups in total. The number of hydrogen-bond acceptors (Lipinski definition) is 2. The predicted molar refractivity (Wildman–Crippen MR) is 67.0 cm³/mol. The van der Waals surface area contributed by atoms with Crippen molar-refractivity contribution in [1.82, 2.24) is 10.2 Å². The van der Waals surface area contributed by atoms with Crippen LogP contribution < -0.4 is 5.32 Å². The fourth-order valence-electron chi connectivity index (χ4n) is 1.80. The molecule has 1 heterocycles. The number of piperazine rings is 1. The quantitative estimate of drug-likeness (QED) is 0.750. The molecule has 16 heavy (non-hydrogen) atoms. The van der Waals surface area contributed by atoms with Gasteiger partial charge in [-0.05, 0) is 12.0 Å². The zero-order valence-corrected chi connectivity index (χ0v) is 9.58. The fourth-order valence-corrected chi connectivity index (χ4v) is 1.80. The highest BCUT2D eigenvalue weighted by Gasteiger charge is 2.03. The van der Waals surface area contributed by atoms with Gasteiger partial charge < -0.3 is 10.2 Å². The molecule has 0 amide bonds. The summed E-state index contributed by atoms with van der Waals surface area (Å²) in [6.45, 7) is 4.23. The van der Waals surface area contributed by atoms with E-state index < -0.39 is 0 Å². The van der Waals surface area contributed by atoms with Crippen LogP contribution in [0.3, 0.4) is 0 Å². The lowest BCUT2D eigenvalue weighted by molar-refractivity contribution is 0.341. The Morgan fingerprint density at radius 3 is 2.62 bits per heavy atom. The molecule has 84 valence electrons. The highest BCUT2D eigenvalue weighted by atomic mass is 15.2.